The Labute approximate surface area is 128 Å². The fraction of sp³-hybridized carbons (Fsp3) is 0.0769. The van der Waals surface area contributed by atoms with Crippen LogP contribution in [0.4, 0.5) is 5.69 Å². The number of non-ortho nitro benzene ring substituents is 1. The molecule has 6 nitrogen and oxygen atoms in total. The van der Waals surface area contributed by atoms with E-state index in [9.17, 15) is 14.9 Å². The second kappa shape index (κ2) is 5.95. The number of nitrogens with zero attached hydrogens (tertiary/aromatic N) is 2. The molecule has 7 heteroatoms. The molecular weight excluding hydrogens is 375 g/mol. The molecule has 0 amide bonds. The van der Waals surface area contributed by atoms with Crippen LogP contribution >= 0.6 is 22.6 Å². The number of nitro groups is 1. The predicted octanol–water partition coefficient (Wildman–Crippen LogP) is 3.19. The van der Waals surface area contributed by atoms with E-state index in [2.05, 4.69) is 27.6 Å². The van der Waals surface area contributed by atoms with E-state index in [1.54, 1.807) is 12.3 Å². The zero-order chi connectivity index (χ0) is 14.7. The van der Waals surface area contributed by atoms with Crippen molar-refractivity contribution in [1.29, 1.82) is 0 Å². The first kappa shape index (κ1) is 14.4. The maximum Gasteiger partial charge on any atom is 0.308 e. The van der Waals surface area contributed by atoms with Crippen molar-refractivity contribution in [3.8, 4) is 17.0 Å². The van der Waals surface area contributed by atoms with Crippen LogP contribution in [0.5, 0.6) is 5.75 Å². The third-order valence-corrected chi connectivity index (χ3v) is 3.31. The lowest BCUT2D eigenvalue weighted by molar-refractivity contribution is -0.384. The van der Waals surface area contributed by atoms with Crippen LogP contribution in [-0.4, -0.2) is 15.9 Å². The molecule has 0 atom stereocenters. The Morgan fingerprint density at radius 1 is 1.40 bits per heavy atom. The molecule has 0 aliphatic carbocycles. The highest BCUT2D eigenvalue weighted by molar-refractivity contribution is 14.1. The number of ether oxygens (including phenoxy) is 1. The standard InChI is InChI=1S/C13H9IN2O4/c1-8(17)20-12-5-4-9(16(18)19)7-10(12)13-11(14)3-2-6-15-13/h2-7H,1H3. The van der Waals surface area contributed by atoms with E-state index in [1.807, 2.05) is 6.07 Å². The molecule has 1 aromatic heterocycles. The van der Waals surface area contributed by atoms with Crippen molar-refractivity contribution in [2.75, 3.05) is 0 Å². The minimum atomic E-state index is -0.503. The number of hydrogen-bond donors (Lipinski definition) is 0. The van der Waals surface area contributed by atoms with Gasteiger partial charge >= 0.3 is 5.97 Å². The van der Waals surface area contributed by atoms with Crippen molar-refractivity contribution in [2.45, 2.75) is 6.92 Å². The fourth-order valence-corrected chi connectivity index (χ4v) is 2.28. The van der Waals surface area contributed by atoms with E-state index in [4.69, 9.17) is 4.74 Å². The van der Waals surface area contributed by atoms with Gasteiger partial charge in [-0.3, -0.25) is 19.9 Å². The molecule has 0 aliphatic rings. The molecule has 0 fully saturated rings. The van der Waals surface area contributed by atoms with E-state index in [-0.39, 0.29) is 11.4 Å². The third-order valence-electron chi connectivity index (χ3n) is 2.44. The normalized spacial score (nSPS) is 10.1. The summed E-state index contributed by atoms with van der Waals surface area (Å²) in [6.45, 7) is 1.27. The first-order chi connectivity index (χ1) is 9.49. The zero-order valence-corrected chi connectivity index (χ0v) is 12.5. The summed E-state index contributed by atoms with van der Waals surface area (Å²) >= 11 is 2.07. The van der Waals surface area contributed by atoms with Gasteiger partial charge in [0.1, 0.15) is 5.75 Å². The second-order valence-electron chi connectivity index (χ2n) is 3.87. The number of benzene rings is 1. The van der Waals surface area contributed by atoms with Crippen LogP contribution in [0.15, 0.2) is 36.5 Å². The second-order valence-corrected chi connectivity index (χ2v) is 5.03. The minimum Gasteiger partial charge on any atom is -0.426 e. The van der Waals surface area contributed by atoms with Crippen molar-refractivity contribution in [3.63, 3.8) is 0 Å². The van der Waals surface area contributed by atoms with Gasteiger partial charge in [0.25, 0.3) is 5.69 Å². The average Bonchev–Trinajstić information content (AvgIpc) is 2.39. The number of carbonyl (C=O) groups excluding carboxylic acids is 1. The molecule has 2 aromatic rings. The van der Waals surface area contributed by atoms with E-state index in [1.165, 1.54) is 25.1 Å². The fourth-order valence-electron chi connectivity index (χ4n) is 1.64. The van der Waals surface area contributed by atoms with Crippen LogP contribution < -0.4 is 4.74 Å². The number of hydrogen-bond acceptors (Lipinski definition) is 5. The number of rotatable bonds is 3. The van der Waals surface area contributed by atoms with E-state index in [0.29, 0.717) is 11.3 Å². The quantitative estimate of drug-likeness (QED) is 0.267. The number of esters is 1. The van der Waals surface area contributed by atoms with Gasteiger partial charge in [0.15, 0.2) is 0 Å². The van der Waals surface area contributed by atoms with Gasteiger partial charge in [0.05, 0.1) is 16.2 Å². The molecule has 0 N–H and O–H groups in total. The van der Waals surface area contributed by atoms with Crippen LogP contribution in [0, 0.1) is 13.7 Å². The van der Waals surface area contributed by atoms with Gasteiger partial charge in [-0.2, -0.15) is 0 Å². The van der Waals surface area contributed by atoms with Crippen molar-refractivity contribution >= 4 is 34.2 Å². The summed E-state index contributed by atoms with van der Waals surface area (Å²) in [6, 6.07) is 7.62. The van der Waals surface area contributed by atoms with E-state index < -0.39 is 10.9 Å². The highest BCUT2D eigenvalue weighted by Gasteiger charge is 2.17. The predicted molar refractivity (Wildman–Crippen MR) is 80.4 cm³/mol. The highest BCUT2D eigenvalue weighted by atomic mass is 127. The molecule has 20 heavy (non-hydrogen) atoms. The average molecular weight is 384 g/mol. The van der Waals surface area contributed by atoms with E-state index >= 15 is 0 Å². The lowest BCUT2D eigenvalue weighted by atomic mass is 10.1. The monoisotopic (exact) mass is 384 g/mol. The summed E-state index contributed by atoms with van der Waals surface area (Å²) in [5.41, 5.74) is 0.866. The largest absolute Gasteiger partial charge is 0.426 e. The van der Waals surface area contributed by atoms with Crippen molar-refractivity contribution in [3.05, 3.63) is 50.2 Å². The third kappa shape index (κ3) is 3.10. The molecule has 0 saturated carbocycles. The maximum atomic E-state index is 11.1. The van der Waals surface area contributed by atoms with Crippen LogP contribution in [0.2, 0.25) is 0 Å². The summed E-state index contributed by atoms with van der Waals surface area (Å²) in [5, 5.41) is 10.9. The van der Waals surface area contributed by atoms with Crippen molar-refractivity contribution < 1.29 is 14.5 Å². The molecule has 0 unspecified atom stereocenters. The Morgan fingerprint density at radius 3 is 2.75 bits per heavy atom. The molecule has 0 saturated heterocycles. The molecule has 0 bridgehead atoms. The van der Waals surface area contributed by atoms with Gasteiger partial charge in [0.2, 0.25) is 0 Å². The molecule has 0 radical (unpaired) electrons. The number of nitro benzene ring substituents is 1. The number of pyridine rings is 1. The van der Waals surface area contributed by atoms with Gasteiger partial charge in [0, 0.05) is 28.8 Å². The summed E-state index contributed by atoms with van der Waals surface area (Å²) in [7, 11) is 0. The summed E-state index contributed by atoms with van der Waals surface area (Å²) in [4.78, 5) is 25.7. The van der Waals surface area contributed by atoms with Gasteiger partial charge < -0.3 is 4.74 Å². The van der Waals surface area contributed by atoms with Crippen molar-refractivity contribution in [2.24, 2.45) is 0 Å². The topological polar surface area (TPSA) is 82.3 Å². The molecular formula is C13H9IN2O4. The summed E-state index contributed by atoms with van der Waals surface area (Å²) < 4.78 is 5.89. The van der Waals surface area contributed by atoms with Crippen molar-refractivity contribution in [1.82, 2.24) is 4.98 Å². The smallest absolute Gasteiger partial charge is 0.308 e. The molecule has 1 heterocycles. The highest BCUT2D eigenvalue weighted by Crippen LogP contribution is 2.34. The Balaban J connectivity index is 2.63. The van der Waals surface area contributed by atoms with Gasteiger partial charge in [-0.15, -0.1) is 0 Å². The van der Waals surface area contributed by atoms with Crippen LogP contribution in [0.25, 0.3) is 11.3 Å². The Morgan fingerprint density at radius 2 is 2.15 bits per heavy atom. The summed E-state index contributed by atoms with van der Waals surface area (Å²) in [6.07, 6.45) is 1.58. The molecule has 0 aliphatic heterocycles. The molecule has 0 spiro atoms. The molecule has 1 aromatic carbocycles. The van der Waals surface area contributed by atoms with Crippen LogP contribution in [0.3, 0.4) is 0 Å². The number of carbonyl (C=O) groups is 1. The first-order valence-electron chi connectivity index (χ1n) is 5.57. The lowest BCUT2D eigenvalue weighted by Crippen LogP contribution is -2.04. The zero-order valence-electron chi connectivity index (χ0n) is 10.4. The summed E-state index contributed by atoms with van der Waals surface area (Å²) in [5.74, 6) is -0.245. The van der Waals surface area contributed by atoms with E-state index in [0.717, 1.165) is 3.57 Å². The van der Waals surface area contributed by atoms with Gasteiger partial charge in [-0.1, -0.05) is 0 Å². The van der Waals surface area contributed by atoms with Gasteiger partial charge in [-0.05, 0) is 40.8 Å². The maximum absolute atomic E-state index is 11.1. The first-order valence-corrected chi connectivity index (χ1v) is 6.64. The number of halogens is 1. The lowest BCUT2D eigenvalue weighted by Gasteiger charge is -2.09. The Bertz CT molecular complexity index is 688. The van der Waals surface area contributed by atoms with Crippen LogP contribution in [0.1, 0.15) is 6.92 Å². The molecule has 102 valence electrons. The Kier molecular flexibility index (Phi) is 4.28. The minimum absolute atomic E-state index is 0.0858. The molecule has 2 rings (SSSR count). The van der Waals surface area contributed by atoms with Crippen LogP contribution in [-0.2, 0) is 4.79 Å². The number of aromatic nitrogens is 1. The SMILES string of the molecule is CC(=O)Oc1ccc([N+](=O)[O-])cc1-c1ncccc1I. The Hall–Kier alpha value is -2.03. The van der Waals surface area contributed by atoms with Gasteiger partial charge in [-0.25, -0.2) is 0 Å².